The number of allylic oxidation sites excluding steroid dienone is 4. The van der Waals surface area contributed by atoms with Crippen LogP contribution in [0, 0.1) is 20.0 Å². The Bertz CT molecular complexity index is 270. The van der Waals surface area contributed by atoms with Crippen LogP contribution in [0.15, 0.2) is 23.8 Å². The fourth-order valence-corrected chi connectivity index (χ4v) is 0.830. The molecule has 0 amide bonds. The SMILES string of the molecule is CCC1=CCC(=O)C=C1.[C-]#[O+].[C-]#[O+].[C-]#[O+].[Fe]. The maximum Gasteiger partial charge on any atom is 0 e. The van der Waals surface area contributed by atoms with Gasteiger partial charge in [-0.3, -0.25) is 4.79 Å². The van der Waals surface area contributed by atoms with E-state index in [4.69, 9.17) is 14.0 Å². The average Bonchev–Trinajstić information content (AvgIpc) is 2.38. The molecule has 0 atom stereocenters. The van der Waals surface area contributed by atoms with Gasteiger partial charge in [-0.25, -0.2) is 0 Å². The van der Waals surface area contributed by atoms with Crippen LogP contribution in [-0.4, -0.2) is 5.78 Å². The molecule has 16 heavy (non-hydrogen) atoms. The van der Waals surface area contributed by atoms with Crippen molar-refractivity contribution in [1.82, 2.24) is 0 Å². The molecule has 0 bridgehead atoms. The van der Waals surface area contributed by atoms with Crippen LogP contribution in [0.5, 0.6) is 0 Å². The Morgan fingerprint density at radius 1 is 1.12 bits per heavy atom. The first kappa shape index (κ1) is 24.2. The second-order valence-electron chi connectivity index (χ2n) is 2.14. The Hall–Kier alpha value is -1.11. The minimum absolute atomic E-state index is 0. The van der Waals surface area contributed by atoms with E-state index in [1.165, 1.54) is 5.57 Å². The summed E-state index contributed by atoms with van der Waals surface area (Å²) in [5, 5.41) is 0. The van der Waals surface area contributed by atoms with Crippen LogP contribution in [0.25, 0.3) is 0 Å². The Morgan fingerprint density at radius 3 is 1.81 bits per heavy atom. The minimum atomic E-state index is 0. The predicted octanol–water partition coefficient (Wildman–Crippen LogP) is 1.74. The molecular weight excluding hydrogens is 252 g/mol. The van der Waals surface area contributed by atoms with E-state index in [1.807, 2.05) is 12.2 Å². The maximum atomic E-state index is 10.6. The van der Waals surface area contributed by atoms with Crippen molar-refractivity contribution >= 4 is 5.78 Å². The second kappa shape index (κ2) is 23.6. The first-order valence-corrected chi connectivity index (χ1v) is 3.84. The molecule has 0 saturated heterocycles. The van der Waals surface area contributed by atoms with Gasteiger partial charge in [-0.05, 0) is 12.5 Å². The van der Waals surface area contributed by atoms with E-state index in [0.29, 0.717) is 6.42 Å². The third-order valence-electron chi connectivity index (χ3n) is 1.46. The molecule has 0 radical (unpaired) electrons. The maximum absolute atomic E-state index is 10.6. The second-order valence-corrected chi connectivity index (χ2v) is 2.14. The van der Waals surface area contributed by atoms with Gasteiger partial charge in [0.1, 0.15) is 0 Å². The summed E-state index contributed by atoms with van der Waals surface area (Å²) in [4.78, 5) is 10.6. The summed E-state index contributed by atoms with van der Waals surface area (Å²) in [6.45, 7) is 15.6. The first-order chi connectivity index (χ1) is 7.33. The van der Waals surface area contributed by atoms with Crippen LogP contribution < -0.4 is 0 Å². The summed E-state index contributed by atoms with van der Waals surface area (Å²) >= 11 is 0. The largest absolute Gasteiger partial charge is 0 e. The van der Waals surface area contributed by atoms with Gasteiger partial charge in [-0.2, -0.15) is 0 Å². The summed E-state index contributed by atoms with van der Waals surface area (Å²) in [6.07, 6.45) is 7.16. The van der Waals surface area contributed by atoms with Crippen LogP contribution >= 0.6 is 0 Å². The summed E-state index contributed by atoms with van der Waals surface area (Å²) in [7, 11) is 0. The van der Waals surface area contributed by atoms with Crippen molar-refractivity contribution in [2.75, 3.05) is 0 Å². The zero-order valence-corrected chi connectivity index (χ0v) is 9.74. The van der Waals surface area contributed by atoms with Gasteiger partial charge in [-0.1, -0.05) is 24.6 Å². The van der Waals surface area contributed by atoms with Crippen LogP contribution in [0.2, 0.25) is 0 Å². The first-order valence-electron chi connectivity index (χ1n) is 3.84. The molecule has 0 aromatic carbocycles. The number of hydrogen-bond acceptors (Lipinski definition) is 1. The third kappa shape index (κ3) is 15.4. The Balaban J connectivity index is -0.0000000900. The van der Waals surface area contributed by atoms with Crippen molar-refractivity contribution in [2.45, 2.75) is 19.8 Å². The summed E-state index contributed by atoms with van der Waals surface area (Å²) in [6, 6.07) is 0. The molecule has 0 aliphatic heterocycles. The van der Waals surface area contributed by atoms with E-state index >= 15 is 0 Å². The molecule has 0 N–H and O–H groups in total. The van der Waals surface area contributed by atoms with E-state index < -0.39 is 0 Å². The van der Waals surface area contributed by atoms with Crippen LogP contribution in [0.3, 0.4) is 0 Å². The molecular formula is C11H10FeO4. The number of carbonyl (C=O) groups excluding carboxylic acids is 1. The summed E-state index contributed by atoms with van der Waals surface area (Å²) in [5.41, 5.74) is 1.27. The van der Waals surface area contributed by atoms with Gasteiger partial charge in [0.25, 0.3) is 0 Å². The molecule has 86 valence electrons. The molecule has 5 heteroatoms. The van der Waals surface area contributed by atoms with Crippen molar-refractivity contribution in [3.05, 3.63) is 43.8 Å². The van der Waals surface area contributed by atoms with Gasteiger partial charge in [0.15, 0.2) is 5.78 Å². The van der Waals surface area contributed by atoms with E-state index in [1.54, 1.807) is 6.08 Å². The van der Waals surface area contributed by atoms with Crippen LogP contribution in [0.4, 0.5) is 0 Å². The minimum Gasteiger partial charge on any atom is 0 e. The van der Waals surface area contributed by atoms with Gasteiger partial charge in [0.05, 0.1) is 0 Å². The van der Waals surface area contributed by atoms with Crippen molar-refractivity contribution in [1.29, 1.82) is 0 Å². The molecule has 0 fully saturated rings. The molecule has 0 heterocycles. The standard InChI is InChI=1S/C8H10O.3CO.Fe/c1-2-7-3-5-8(9)6-4-7;3*1-2;/h3-5H,2,6H2,1H3;;;;. The Morgan fingerprint density at radius 2 is 1.56 bits per heavy atom. The van der Waals surface area contributed by atoms with Crippen LogP contribution in [-0.2, 0) is 35.8 Å². The Kier molecular flexibility index (Phi) is 35.7. The molecule has 0 aromatic rings. The number of hydrogen-bond donors (Lipinski definition) is 0. The summed E-state index contributed by atoms with van der Waals surface area (Å²) in [5.74, 6) is 0.215. The fourth-order valence-electron chi connectivity index (χ4n) is 0.830. The van der Waals surface area contributed by atoms with Crippen molar-refractivity contribution in [3.8, 4) is 0 Å². The van der Waals surface area contributed by atoms with E-state index in [9.17, 15) is 4.79 Å². The van der Waals surface area contributed by atoms with Gasteiger partial charge in [0, 0.05) is 23.5 Å². The van der Waals surface area contributed by atoms with Gasteiger partial charge < -0.3 is 0 Å². The topological polar surface area (TPSA) is 76.8 Å². The zero-order valence-electron chi connectivity index (χ0n) is 8.63. The summed E-state index contributed by atoms with van der Waals surface area (Å²) < 4.78 is 22.5. The fraction of sp³-hybridized carbons (Fsp3) is 0.273. The number of ketones is 1. The number of carbonyl (C=O) groups is 1. The molecule has 1 aliphatic rings. The molecule has 1 rings (SSSR count). The smallest absolute Gasteiger partial charge is 0 e. The van der Waals surface area contributed by atoms with E-state index in [2.05, 4.69) is 26.9 Å². The quantitative estimate of drug-likeness (QED) is 0.402. The third-order valence-corrected chi connectivity index (χ3v) is 1.46. The Labute approximate surface area is 105 Å². The number of rotatable bonds is 1. The zero-order chi connectivity index (χ0) is 12.7. The molecule has 0 saturated carbocycles. The van der Waals surface area contributed by atoms with E-state index in [0.717, 1.165) is 6.42 Å². The normalized spacial score (nSPS) is 10.4. The van der Waals surface area contributed by atoms with Gasteiger partial charge in [0.2, 0.25) is 0 Å². The van der Waals surface area contributed by atoms with Crippen molar-refractivity contribution in [3.63, 3.8) is 0 Å². The van der Waals surface area contributed by atoms with E-state index in [-0.39, 0.29) is 22.9 Å². The van der Waals surface area contributed by atoms with Crippen molar-refractivity contribution < 1.29 is 35.8 Å². The van der Waals surface area contributed by atoms with Gasteiger partial charge in [-0.15, -0.1) is 0 Å². The van der Waals surface area contributed by atoms with Crippen LogP contribution in [0.1, 0.15) is 19.8 Å². The molecule has 0 unspecified atom stereocenters. The molecule has 0 spiro atoms. The molecule has 1 aliphatic carbocycles. The van der Waals surface area contributed by atoms with Crippen molar-refractivity contribution in [2.24, 2.45) is 0 Å². The monoisotopic (exact) mass is 262 g/mol. The average molecular weight is 262 g/mol. The van der Waals surface area contributed by atoms with Gasteiger partial charge >= 0.3 is 33.9 Å². The molecule has 4 nitrogen and oxygen atoms in total. The molecule has 0 aromatic heterocycles. The predicted molar refractivity (Wildman–Crippen MR) is 48.9 cm³/mol.